The minimum Gasteiger partial charge on any atom is -0.481 e. The van der Waals surface area contributed by atoms with Gasteiger partial charge in [0.05, 0.1) is 5.92 Å². The first-order chi connectivity index (χ1) is 9.56. The fourth-order valence-corrected chi connectivity index (χ4v) is 2.37. The van der Waals surface area contributed by atoms with Crippen LogP contribution >= 0.6 is 11.6 Å². The molecular weight excluding hydrogens is 274 g/mol. The average Bonchev–Trinajstić information content (AvgIpc) is 2.40. The lowest BCUT2D eigenvalue weighted by Gasteiger charge is -2.13. The molecule has 1 heterocycles. The predicted molar refractivity (Wildman–Crippen MR) is 79.0 cm³/mol. The van der Waals surface area contributed by atoms with Gasteiger partial charge in [-0.1, -0.05) is 29.8 Å². The Morgan fingerprint density at radius 1 is 1.30 bits per heavy atom. The molecule has 0 spiro atoms. The molecule has 1 atom stereocenters. The van der Waals surface area contributed by atoms with Crippen LogP contribution in [0.2, 0.25) is 5.02 Å². The summed E-state index contributed by atoms with van der Waals surface area (Å²) in [6, 6.07) is 11.1. The number of pyridine rings is 1. The number of aromatic nitrogens is 1. The molecule has 0 aliphatic carbocycles. The third-order valence-electron chi connectivity index (χ3n) is 3.28. The fraction of sp³-hybridized carbons (Fsp3) is 0.250. The van der Waals surface area contributed by atoms with Gasteiger partial charge in [-0.2, -0.15) is 0 Å². The number of carbonyl (C=O) groups is 1. The number of aliphatic carboxylic acids is 1. The molecule has 2 rings (SSSR count). The molecule has 0 saturated carbocycles. The normalized spacial score (nSPS) is 12.1. The predicted octanol–water partition coefficient (Wildman–Crippen LogP) is 3.53. The molecule has 1 aromatic heterocycles. The van der Waals surface area contributed by atoms with Gasteiger partial charge < -0.3 is 5.11 Å². The summed E-state index contributed by atoms with van der Waals surface area (Å²) >= 11 is 5.93. The quantitative estimate of drug-likeness (QED) is 0.916. The van der Waals surface area contributed by atoms with Crippen molar-refractivity contribution in [3.05, 3.63) is 64.4 Å². The van der Waals surface area contributed by atoms with E-state index in [0.717, 1.165) is 16.8 Å². The lowest BCUT2D eigenvalue weighted by Crippen LogP contribution is -2.20. The first kappa shape index (κ1) is 14.5. The maximum atomic E-state index is 11.4. The van der Waals surface area contributed by atoms with E-state index in [1.54, 1.807) is 12.3 Å². The Hall–Kier alpha value is -1.87. The average molecular weight is 290 g/mol. The molecule has 0 fully saturated rings. The second-order valence-electron chi connectivity index (χ2n) is 4.84. The SMILES string of the molecule is Cc1cccnc1CC(Cc1cccc(Cl)c1)C(=O)O. The molecule has 1 aromatic carbocycles. The molecule has 0 radical (unpaired) electrons. The molecular formula is C16H16ClNO2. The maximum Gasteiger partial charge on any atom is 0.307 e. The van der Waals surface area contributed by atoms with Crippen molar-refractivity contribution in [1.29, 1.82) is 0 Å². The van der Waals surface area contributed by atoms with Crippen LogP contribution in [0.1, 0.15) is 16.8 Å². The van der Waals surface area contributed by atoms with Gasteiger partial charge in [-0.15, -0.1) is 0 Å². The van der Waals surface area contributed by atoms with E-state index < -0.39 is 11.9 Å². The van der Waals surface area contributed by atoms with Crippen LogP contribution in [0.4, 0.5) is 0 Å². The topological polar surface area (TPSA) is 50.2 Å². The van der Waals surface area contributed by atoms with Crippen molar-refractivity contribution in [2.75, 3.05) is 0 Å². The highest BCUT2D eigenvalue weighted by Crippen LogP contribution is 2.18. The van der Waals surface area contributed by atoms with Gasteiger partial charge in [-0.25, -0.2) is 0 Å². The number of carboxylic acid groups (broad SMARTS) is 1. The first-order valence-corrected chi connectivity index (χ1v) is 6.82. The second kappa shape index (κ2) is 6.53. The zero-order valence-corrected chi connectivity index (χ0v) is 12.0. The van der Waals surface area contributed by atoms with Crippen molar-refractivity contribution in [1.82, 2.24) is 4.98 Å². The van der Waals surface area contributed by atoms with E-state index in [4.69, 9.17) is 11.6 Å². The number of nitrogens with zero attached hydrogens (tertiary/aromatic N) is 1. The highest BCUT2D eigenvalue weighted by molar-refractivity contribution is 6.30. The molecule has 0 amide bonds. The highest BCUT2D eigenvalue weighted by Gasteiger charge is 2.20. The van der Waals surface area contributed by atoms with Gasteiger partial charge in [-0.3, -0.25) is 9.78 Å². The van der Waals surface area contributed by atoms with Crippen LogP contribution in [-0.2, 0) is 17.6 Å². The van der Waals surface area contributed by atoms with E-state index in [-0.39, 0.29) is 0 Å². The van der Waals surface area contributed by atoms with Crippen molar-refractivity contribution in [2.45, 2.75) is 19.8 Å². The molecule has 1 N–H and O–H groups in total. The molecule has 1 unspecified atom stereocenters. The number of hydrogen-bond acceptors (Lipinski definition) is 2. The van der Waals surface area contributed by atoms with Crippen LogP contribution in [0, 0.1) is 12.8 Å². The number of hydrogen-bond donors (Lipinski definition) is 1. The summed E-state index contributed by atoms with van der Waals surface area (Å²) in [5.74, 6) is -1.31. The third kappa shape index (κ3) is 3.81. The lowest BCUT2D eigenvalue weighted by atomic mass is 9.93. The molecule has 2 aromatic rings. The van der Waals surface area contributed by atoms with Crippen molar-refractivity contribution in [2.24, 2.45) is 5.92 Å². The number of aryl methyl sites for hydroxylation is 1. The van der Waals surface area contributed by atoms with Crippen LogP contribution in [0.25, 0.3) is 0 Å². The molecule has 0 aliphatic rings. The van der Waals surface area contributed by atoms with Gasteiger partial charge >= 0.3 is 5.97 Å². The van der Waals surface area contributed by atoms with E-state index in [1.807, 2.05) is 37.3 Å². The number of rotatable bonds is 5. The molecule has 4 heteroatoms. The van der Waals surface area contributed by atoms with E-state index in [1.165, 1.54) is 0 Å². The second-order valence-corrected chi connectivity index (χ2v) is 5.28. The van der Waals surface area contributed by atoms with Crippen molar-refractivity contribution in [3.8, 4) is 0 Å². The van der Waals surface area contributed by atoms with E-state index in [9.17, 15) is 9.90 Å². The van der Waals surface area contributed by atoms with Gasteiger partial charge in [0.25, 0.3) is 0 Å². The monoisotopic (exact) mass is 289 g/mol. The molecule has 104 valence electrons. The lowest BCUT2D eigenvalue weighted by molar-refractivity contribution is -0.141. The summed E-state index contributed by atoms with van der Waals surface area (Å²) in [6.07, 6.45) is 2.57. The summed E-state index contributed by atoms with van der Waals surface area (Å²) in [4.78, 5) is 15.7. The highest BCUT2D eigenvalue weighted by atomic mass is 35.5. The van der Waals surface area contributed by atoms with Crippen molar-refractivity contribution in [3.63, 3.8) is 0 Å². The van der Waals surface area contributed by atoms with E-state index in [2.05, 4.69) is 4.98 Å². The van der Waals surface area contributed by atoms with Crippen molar-refractivity contribution < 1.29 is 9.90 Å². The Labute approximate surface area is 123 Å². The van der Waals surface area contributed by atoms with Gasteiger partial charge in [0.15, 0.2) is 0 Å². The standard InChI is InChI=1S/C16H16ClNO2/c1-11-4-3-7-18-15(11)10-13(16(19)20)8-12-5-2-6-14(17)9-12/h2-7,9,13H,8,10H2,1H3,(H,19,20). The number of benzene rings is 1. The van der Waals surface area contributed by atoms with Crippen LogP contribution < -0.4 is 0 Å². The zero-order chi connectivity index (χ0) is 14.5. The number of halogens is 1. The smallest absolute Gasteiger partial charge is 0.307 e. The Balaban J connectivity index is 2.16. The molecule has 0 saturated heterocycles. The van der Waals surface area contributed by atoms with E-state index in [0.29, 0.717) is 17.9 Å². The number of carboxylic acids is 1. The van der Waals surface area contributed by atoms with Gasteiger partial charge in [0, 0.05) is 23.3 Å². The summed E-state index contributed by atoms with van der Waals surface area (Å²) in [7, 11) is 0. The summed E-state index contributed by atoms with van der Waals surface area (Å²) in [5, 5.41) is 10.0. The summed E-state index contributed by atoms with van der Waals surface area (Å²) < 4.78 is 0. The van der Waals surface area contributed by atoms with Crippen LogP contribution in [0.5, 0.6) is 0 Å². The minimum atomic E-state index is -0.810. The largest absolute Gasteiger partial charge is 0.481 e. The fourth-order valence-electron chi connectivity index (χ4n) is 2.16. The first-order valence-electron chi connectivity index (χ1n) is 6.44. The maximum absolute atomic E-state index is 11.4. The molecule has 0 aliphatic heterocycles. The molecule has 20 heavy (non-hydrogen) atoms. The van der Waals surface area contributed by atoms with Gasteiger partial charge in [0.2, 0.25) is 0 Å². The third-order valence-corrected chi connectivity index (χ3v) is 3.51. The Morgan fingerprint density at radius 3 is 2.75 bits per heavy atom. The van der Waals surface area contributed by atoms with Crippen LogP contribution in [-0.4, -0.2) is 16.1 Å². The zero-order valence-electron chi connectivity index (χ0n) is 11.2. The van der Waals surface area contributed by atoms with Crippen LogP contribution in [0.3, 0.4) is 0 Å². The van der Waals surface area contributed by atoms with Crippen molar-refractivity contribution >= 4 is 17.6 Å². The van der Waals surface area contributed by atoms with Gasteiger partial charge in [-0.05, 0) is 42.7 Å². The van der Waals surface area contributed by atoms with Crippen LogP contribution in [0.15, 0.2) is 42.6 Å². The Morgan fingerprint density at radius 2 is 2.10 bits per heavy atom. The summed E-state index contributed by atoms with van der Waals surface area (Å²) in [5.41, 5.74) is 2.78. The Kier molecular flexibility index (Phi) is 4.74. The van der Waals surface area contributed by atoms with E-state index >= 15 is 0 Å². The summed E-state index contributed by atoms with van der Waals surface area (Å²) in [6.45, 7) is 1.95. The van der Waals surface area contributed by atoms with Gasteiger partial charge in [0.1, 0.15) is 0 Å². The molecule has 3 nitrogen and oxygen atoms in total. The molecule has 0 bridgehead atoms. The Bertz CT molecular complexity index is 613. The minimum absolute atomic E-state index is 0.425.